The van der Waals surface area contributed by atoms with E-state index in [2.05, 4.69) is 6.58 Å². The van der Waals surface area contributed by atoms with Crippen molar-refractivity contribution in [1.82, 2.24) is 4.57 Å². The van der Waals surface area contributed by atoms with Gasteiger partial charge < -0.3 is 4.57 Å². The Balaban J connectivity index is 2.08. The Kier molecular flexibility index (Phi) is 2.28. The average molecular weight is 189 g/mol. The predicted octanol–water partition coefficient (Wildman–Crippen LogP) is 2.66. The molecule has 0 unspecified atom stereocenters. The predicted molar refractivity (Wildman–Crippen MR) is 56.3 cm³/mol. The SMILES string of the molecule is C=C(C)Cn1ccc(C(=O)C2CC2)c1. The van der Waals surface area contributed by atoms with Crippen molar-refractivity contribution in [2.24, 2.45) is 5.92 Å². The van der Waals surface area contributed by atoms with Gasteiger partial charge in [0, 0.05) is 30.4 Å². The number of nitrogens with zero attached hydrogens (tertiary/aromatic N) is 1. The van der Waals surface area contributed by atoms with Gasteiger partial charge in [0.05, 0.1) is 0 Å². The topological polar surface area (TPSA) is 22.0 Å². The van der Waals surface area contributed by atoms with Crippen LogP contribution in [0.2, 0.25) is 0 Å². The lowest BCUT2D eigenvalue weighted by molar-refractivity contribution is 0.0967. The Morgan fingerprint density at radius 3 is 2.93 bits per heavy atom. The molecule has 2 heteroatoms. The smallest absolute Gasteiger partial charge is 0.167 e. The highest BCUT2D eigenvalue weighted by molar-refractivity contribution is 5.99. The summed E-state index contributed by atoms with van der Waals surface area (Å²) in [6, 6.07) is 1.91. The van der Waals surface area contributed by atoms with Gasteiger partial charge in [-0.25, -0.2) is 0 Å². The van der Waals surface area contributed by atoms with Gasteiger partial charge in [-0.3, -0.25) is 4.79 Å². The first-order valence-corrected chi connectivity index (χ1v) is 5.01. The molecular formula is C12H15NO. The number of Topliss-reactive ketones (excluding diaryl/α,β-unsaturated/α-hetero) is 1. The zero-order chi connectivity index (χ0) is 10.1. The van der Waals surface area contributed by atoms with Crippen LogP contribution in [-0.2, 0) is 6.54 Å². The van der Waals surface area contributed by atoms with Crippen LogP contribution in [0.1, 0.15) is 30.1 Å². The number of carbonyl (C=O) groups excluding carboxylic acids is 1. The fourth-order valence-electron chi connectivity index (χ4n) is 1.58. The molecule has 0 aliphatic heterocycles. The van der Waals surface area contributed by atoms with Gasteiger partial charge in [0.1, 0.15) is 0 Å². The van der Waals surface area contributed by atoms with Gasteiger partial charge in [-0.15, -0.1) is 0 Å². The van der Waals surface area contributed by atoms with Crippen LogP contribution in [-0.4, -0.2) is 10.4 Å². The maximum atomic E-state index is 11.7. The van der Waals surface area contributed by atoms with Crippen LogP contribution in [0, 0.1) is 5.92 Å². The number of rotatable bonds is 4. The van der Waals surface area contributed by atoms with Crippen LogP contribution in [0.5, 0.6) is 0 Å². The van der Waals surface area contributed by atoms with Gasteiger partial charge in [-0.05, 0) is 25.8 Å². The van der Waals surface area contributed by atoms with Gasteiger partial charge in [-0.2, -0.15) is 0 Å². The standard InChI is InChI=1S/C12H15NO/c1-9(2)7-13-6-5-11(8-13)12(14)10-3-4-10/h5-6,8,10H,1,3-4,7H2,2H3. The van der Waals surface area contributed by atoms with Crippen LogP contribution in [0.25, 0.3) is 0 Å². The van der Waals surface area contributed by atoms with E-state index in [4.69, 9.17) is 0 Å². The van der Waals surface area contributed by atoms with E-state index in [0.717, 1.165) is 30.5 Å². The zero-order valence-corrected chi connectivity index (χ0v) is 8.49. The van der Waals surface area contributed by atoms with Gasteiger partial charge >= 0.3 is 0 Å². The van der Waals surface area contributed by atoms with Gasteiger partial charge in [0.15, 0.2) is 5.78 Å². The van der Waals surface area contributed by atoms with E-state index < -0.39 is 0 Å². The van der Waals surface area contributed by atoms with E-state index in [1.807, 2.05) is 30.0 Å². The largest absolute Gasteiger partial charge is 0.350 e. The lowest BCUT2D eigenvalue weighted by Gasteiger charge is -2.00. The molecule has 0 amide bonds. The summed E-state index contributed by atoms with van der Waals surface area (Å²) in [5.74, 6) is 0.626. The molecule has 0 aromatic carbocycles. The molecule has 1 saturated carbocycles. The minimum absolute atomic E-state index is 0.311. The lowest BCUT2D eigenvalue weighted by atomic mass is 10.1. The summed E-state index contributed by atoms with van der Waals surface area (Å²) in [5, 5.41) is 0. The summed E-state index contributed by atoms with van der Waals surface area (Å²) in [4.78, 5) is 11.7. The van der Waals surface area contributed by atoms with Gasteiger partial charge in [-0.1, -0.05) is 12.2 Å². The molecule has 1 fully saturated rings. The Bertz CT molecular complexity index is 371. The number of ketones is 1. The second-order valence-corrected chi connectivity index (χ2v) is 4.17. The molecule has 0 saturated heterocycles. The van der Waals surface area contributed by atoms with Crippen LogP contribution in [0.15, 0.2) is 30.6 Å². The molecule has 74 valence electrons. The van der Waals surface area contributed by atoms with Crippen molar-refractivity contribution in [3.8, 4) is 0 Å². The maximum absolute atomic E-state index is 11.7. The molecule has 0 N–H and O–H groups in total. The lowest BCUT2D eigenvalue weighted by Crippen LogP contribution is -2.00. The third kappa shape index (κ3) is 1.95. The number of hydrogen-bond acceptors (Lipinski definition) is 1. The summed E-state index contributed by atoms with van der Waals surface area (Å²) in [6.45, 7) is 6.64. The van der Waals surface area contributed by atoms with Crippen molar-refractivity contribution in [2.75, 3.05) is 0 Å². The van der Waals surface area contributed by atoms with Crippen LogP contribution in [0.4, 0.5) is 0 Å². The molecule has 14 heavy (non-hydrogen) atoms. The van der Waals surface area contributed by atoms with E-state index in [-0.39, 0.29) is 0 Å². The van der Waals surface area contributed by atoms with Crippen molar-refractivity contribution >= 4 is 5.78 Å². The highest BCUT2D eigenvalue weighted by atomic mass is 16.1. The molecule has 1 heterocycles. The highest BCUT2D eigenvalue weighted by Gasteiger charge is 2.30. The second kappa shape index (κ2) is 3.45. The molecule has 0 spiro atoms. The minimum Gasteiger partial charge on any atom is -0.350 e. The Morgan fingerprint density at radius 1 is 1.64 bits per heavy atom. The van der Waals surface area contributed by atoms with Crippen LogP contribution >= 0.6 is 0 Å². The first-order valence-electron chi connectivity index (χ1n) is 5.01. The maximum Gasteiger partial charge on any atom is 0.167 e. The Morgan fingerprint density at radius 2 is 2.36 bits per heavy atom. The fraction of sp³-hybridized carbons (Fsp3) is 0.417. The van der Waals surface area contributed by atoms with Crippen LogP contribution in [0.3, 0.4) is 0 Å². The Hall–Kier alpha value is -1.31. The number of aromatic nitrogens is 1. The van der Waals surface area contributed by atoms with Gasteiger partial charge in [0.2, 0.25) is 0 Å². The molecule has 0 atom stereocenters. The molecule has 0 bridgehead atoms. The summed E-state index contributed by atoms with van der Waals surface area (Å²) in [6.07, 6.45) is 6.02. The monoisotopic (exact) mass is 189 g/mol. The first-order chi connectivity index (χ1) is 6.66. The normalized spacial score (nSPS) is 15.5. The van der Waals surface area contributed by atoms with E-state index >= 15 is 0 Å². The first kappa shape index (κ1) is 9.25. The van der Waals surface area contributed by atoms with E-state index in [0.29, 0.717) is 11.7 Å². The minimum atomic E-state index is 0.311. The molecular weight excluding hydrogens is 174 g/mol. The summed E-state index contributed by atoms with van der Waals surface area (Å²) >= 11 is 0. The third-order valence-corrected chi connectivity index (χ3v) is 2.44. The van der Waals surface area contributed by atoms with Crippen molar-refractivity contribution in [1.29, 1.82) is 0 Å². The van der Waals surface area contributed by atoms with Crippen molar-refractivity contribution in [2.45, 2.75) is 26.3 Å². The number of allylic oxidation sites excluding steroid dienone is 1. The zero-order valence-electron chi connectivity index (χ0n) is 8.49. The molecule has 2 nitrogen and oxygen atoms in total. The summed E-state index contributed by atoms with van der Waals surface area (Å²) < 4.78 is 2.01. The van der Waals surface area contributed by atoms with Crippen LogP contribution < -0.4 is 0 Å². The molecule has 1 aromatic rings. The molecule has 1 aliphatic rings. The third-order valence-electron chi connectivity index (χ3n) is 2.44. The molecule has 1 aliphatic carbocycles. The summed E-state index contributed by atoms with van der Waals surface area (Å²) in [7, 11) is 0. The second-order valence-electron chi connectivity index (χ2n) is 4.17. The summed E-state index contributed by atoms with van der Waals surface area (Å²) in [5.41, 5.74) is 1.96. The molecule has 1 aromatic heterocycles. The average Bonchev–Trinajstić information content (AvgIpc) is 2.86. The van der Waals surface area contributed by atoms with Crippen molar-refractivity contribution in [3.63, 3.8) is 0 Å². The highest BCUT2D eigenvalue weighted by Crippen LogP contribution is 2.32. The molecule has 2 rings (SSSR count). The van der Waals surface area contributed by atoms with E-state index in [9.17, 15) is 4.79 Å². The fourth-order valence-corrected chi connectivity index (χ4v) is 1.58. The van der Waals surface area contributed by atoms with Crippen molar-refractivity contribution in [3.05, 3.63) is 36.2 Å². The number of carbonyl (C=O) groups is 1. The van der Waals surface area contributed by atoms with E-state index in [1.54, 1.807) is 0 Å². The van der Waals surface area contributed by atoms with Gasteiger partial charge in [0.25, 0.3) is 0 Å². The quantitative estimate of drug-likeness (QED) is 0.527. The molecule has 0 radical (unpaired) electrons. The van der Waals surface area contributed by atoms with Crippen molar-refractivity contribution < 1.29 is 4.79 Å². The number of hydrogen-bond donors (Lipinski definition) is 0. The van der Waals surface area contributed by atoms with E-state index in [1.165, 1.54) is 0 Å². The Labute approximate surface area is 84.2 Å².